The zero-order chi connectivity index (χ0) is 23.9. The molecule has 1 fully saturated rings. The van der Waals surface area contributed by atoms with Gasteiger partial charge in [-0.05, 0) is 79.7 Å². The lowest BCUT2D eigenvalue weighted by molar-refractivity contribution is -0.121. The van der Waals surface area contributed by atoms with Crippen molar-refractivity contribution in [2.45, 2.75) is 19.8 Å². The van der Waals surface area contributed by atoms with Crippen molar-refractivity contribution in [3.63, 3.8) is 0 Å². The van der Waals surface area contributed by atoms with Crippen LogP contribution >= 0.6 is 11.3 Å². The Balaban J connectivity index is 1.26. The van der Waals surface area contributed by atoms with Gasteiger partial charge in [-0.15, -0.1) is 11.3 Å². The first kappa shape index (κ1) is 23.5. The number of nitrogens with one attached hydrogen (secondary N) is 2. The Labute approximate surface area is 202 Å². The standard InChI is InChI=1S/C26H27N3O4S/c1-2-33-22-11-9-21(10-12-22)28-24(30)18-5-7-20(8-6-18)27-25(31)19-13-15-29(16-14-19)26(32)23-4-3-17-34-23/h3-12,17,19H,2,13-16H2,1H3,(H,27,31)(H,28,30). The quantitative estimate of drug-likeness (QED) is 0.507. The SMILES string of the molecule is CCOc1ccc(NC(=O)c2ccc(NC(=O)C3CCN(C(=O)c4cccs4)CC3)cc2)cc1. The van der Waals surface area contributed by atoms with Crippen LogP contribution in [-0.4, -0.2) is 42.3 Å². The number of amides is 3. The fourth-order valence-electron chi connectivity index (χ4n) is 3.85. The monoisotopic (exact) mass is 477 g/mol. The van der Waals surface area contributed by atoms with Crippen molar-refractivity contribution in [3.05, 3.63) is 76.5 Å². The lowest BCUT2D eigenvalue weighted by atomic mass is 9.95. The molecule has 2 N–H and O–H groups in total. The number of ether oxygens (including phenoxy) is 1. The highest BCUT2D eigenvalue weighted by Gasteiger charge is 2.28. The number of rotatable bonds is 7. The van der Waals surface area contributed by atoms with E-state index in [1.165, 1.54) is 11.3 Å². The van der Waals surface area contributed by atoms with E-state index in [9.17, 15) is 14.4 Å². The number of hydrogen-bond acceptors (Lipinski definition) is 5. The maximum Gasteiger partial charge on any atom is 0.263 e. The number of piperidine rings is 1. The molecular weight excluding hydrogens is 450 g/mol. The van der Waals surface area contributed by atoms with Crippen molar-refractivity contribution in [1.82, 2.24) is 4.90 Å². The summed E-state index contributed by atoms with van der Waals surface area (Å²) in [4.78, 5) is 40.2. The minimum atomic E-state index is -0.232. The number of nitrogens with zero attached hydrogens (tertiary/aromatic N) is 1. The lowest BCUT2D eigenvalue weighted by Gasteiger charge is -2.31. The highest BCUT2D eigenvalue weighted by atomic mass is 32.1. The number of carbonyl (C=O) groups excluding carboxylic acids is 3. The predicted molar refractivity (Wildman–Crippen MR) is 134 cm³/mol. The minimum absolute atomic E-state index is 0.0351. The fraction of sp³-hybridized carbons (Fsp3) is 0.269. The topological polar surface area (TPSA) is 87.7 Å². The van der Waals surface area contributed by atoms with Crippen LogP contribution in [0.15, 0.2) is 66.0 Å². The smallest absolute Gasteiger partial charge is 0.263 e. The van der Waals surface area contributed by atoms with Crippen LogP contribution < -0.4 is 15.4 Å². The van der Waals surface area contributed by atoms with E-state index in [-0.39, 0.29) is 23.6 Å². The Kier molecular flexibility index (Phi) is 7.59. The second-order valence-corrected chi connectivity index (χ2v) is 8.97. The molecule has 8 heteroatoms. The highest BCUT2D eigenvalue weighted by molar-refractivity contribution is 7.12. The van der Waals surface area contributed by atoms with Gasteiger partial charge in [0, 0.05) is 35.9 Å². The Hall–Kier alpha value is -3.65. The van der Waals surface area contributed by atoms with Crippen molar-refractivity contribution in [1.29, 1.82) is 0 Å². The number of thiophene rings is 1. The summed E-state index contributed by atoms with van der Waals surface area (Å²) in [5, 5.41) is 7.67. The van der Waals surface area contributed by atoms with Crippen LogP contribution in [0.3, 0.4) is 0 Å². The first-order valence-electron chi connectivity index (χ1n) is 11.3. The zero-order valence-electron chi connectivity index (χ0n) is 19.0. The molecule has 3 aromatic rings. The molecule has 1 saturated heterocycles. The van der Waals surface area contributed by atoms with Crippen LogP contribution in [0.4, 0.5) is 11.4 Å². The van der Waals surface area contributed by atoms with Crippen LogP contribution in [-0.2, 0) is 4.79 Å². The maximum absolute atomic E-state index is 12.7. The van der Waals surface area contributed by atoms with E-state index in [4.69, 9.17) is 4.74 Å². The van der Waals surface area contributed by atoms with Crippen LogP contribution in [0.1, 0.15) is 39.8 Å². The Morgan fingerprint density at radius 1 is 0.941 bits per heavy atom. The van der Waals surface area contributed by atoms with Gasteiger partial charge in [-0.3, -0.25) is 14.4 Å². The number of benzene rings is 2. The predicted octanol–water partition coefficient (Wildman–Crippen LogP) is 4.89. The first-order valence-corrected chi connectivity index (χ1v) is 12.2. The van der Waals surface area contributed by atoms with Crippen LogP contribution in [0.2, 0.25) is 0 Å². The maximum atomic E-state index is 12.7. The normalized spacial score (nSPS) is 13.9. The van der Waals surface area contributed by atoms with E-state index in [0.29, 0.717) is 49.5 Å². The van der Waals surface area contributed by atoms with Gasteiger partial charge < -0.3 is 20.3 Å². The average molecular weight is 478 g/mol. The number of carbonyl (C=O) groups is 3. The molecular formula is C26H27N3O4S. The van der Waals surface area contributed by atoms with Gasteiger partial charge >= 0.3 is 0 Å². The Morgan fingerprint density at radius 2 is 1.59 bits per heavy atom. The van der Waals surface area contributed by atoms with E-state index in [1.54, 1.807) is 48.5 Å². The van der Waals surface area contributed by atoms with Gasteiger partial charge in [-0.1, -0.05) is 6.07 Å². The minimum Gasteiger partial charge on any atom is -0.494 e. The summed E-state index contributed by atoms with van der Waals surface area (Å²) in [6, 6.07) is 17.7. The van der Waals surface area contributed by atoms with Crippen LogP contribution in [0.5, 0.6) is 5.75 Å². The van der Waals surface area contributed by atoms with Crippen molar-refractivity contribution in [2.75, 3.05) is 30.3 Å². The molecule has 1 aliphatic heterocycles. The molecule has 7 nitrogen and oxygen atoms in total. The van der Waals surface area contributed by atoms with Gasteiger partial charge in [0.25, 0.3) is 11.8 Å². The molecule has 0 radical (unpaired) electrons. The number of anilines is 2. The molecule has 0 aliphatic carbocycles. The largest absolute Gasteiger partial charge is 0.494 e. The van der Waals surface area contributed by atoms with Gasteiger partial charge in [-0.2, -0.15) is 0 Å². The molecule has 2 aromatic carbocycles. The van der Waals surface area contributed by atoms with Crippen LogP contribution in [0, 0.1) is 5.92 Å². The summed E-state index contributed by atoms with van der Waals surface area (Å²) < 4.78 is 5.41. The fourth-order valence-corrected chi connectivity index (χ4v) is 4.55. The third-order valence-electron chi connectivity index (χ3n) is 5.72. The summed E-state index contributed by atoms with van der Waals surface area (Å²) >= 11 is 1.44. The van der Waals surface area contributed by atoms with Crippen molar-refractivity contribution < 1.29 is 19.1 Å². The van der Waals surface area contributed by atoms with E-state index in [2.05, 4.69) is 10.6 Å². The second kappa shape index (κ2) is 11.0. The molecule has 4 rings (SSSR count). The van der Waals surface area contributed by atoms with E-state index < -0.39 is 0 Å². The zero-order valence-corrected chi connectivity index (χ0v) is 19.8. The van der Waals surface area contributed by atoms with Crippen molar-refractivity contribution in [3.8, 4) is 5.75 Å². The molecule has 34 heavy (non-hydrogen) atoms. The van der Waals surface area contributed by atoms with Gasteiger partial charge in [0.2, 0.25) is 5.91 Å². The Morgan fingerprint density at radius 3 is 2.21 bits per heavy atom. The van der Waals surface area contributed by atoms with Gasteiger partial charge in [-0.25, -0.2) is 0 Å². The van der Waals surface area contributed by atoms with E-state index >= 15 is 0 Å². The van der Waals surface area contributed by atoms with Gasteiger partial charge in [0.05, 0.1) is 11.5 Å². The second-order valence-electron chi connectivity index (χ2n) is 8.02. The molecule has 0 unspecified atom stereocenters. The molecule has 1 aliphatic rings. The molecule has 3 amide bonds. The van der Waals surface area contributed by atoms with Crippen molar-refractivity contribution >= 4 is 40.4 Å². The lowest BCUT2D eigenvalue weighted by Crippen LogP contribution is -2.41. The Bertz CT molecular complexity index is 1120. The number of likely N-dealkylation sites (tertiary alicyclic amines) is 1. The molecule has 0 atom stereocenters. The average Bonchev–Trinajstić information content (AvgIpc) is 3.40. The van der Waals surface area contributed by atoms with E-state index in [1.807, 2.05) is 29.3 Å². The summed E-state index contributed by atoms with van der Waals surface area (Å²) in [7, 11) is 0. The molecule has 1 aromatic heterocycles. The van der Waals surface area contributed by atoms with Crippen molar-refractivity contribution in [2.24, 2.45) is 5.92 Å². The van der Waals surface area contributed by atoms with Crippen LogP contribution in [0.25, 0.3) is 0 Å². The first-order chi connectivity index (χ1) is 16.5. The third-order valence-corrected chi connectivity index (χ3v) is 6.58. The summed E-state index contributed by atoms with van der Waals surface area (Å²) in [6.45, 7) is 3.64. The molecule has 0 spiro atoms. The molecule has 0 saturated carbocycles. The van der Waals surface area contributed by atoms with Gasteiger partial charge in [0.1, 0.15) is 5.75 Å². The third kappa shape index (κ3) is 5.82. The summed E-state index contributed by atoms with van der Waals surface area (Å²) in [5.41, 5.74) is 1.81. The van der Waals surface area contributed by atoms with E-state index in [0.717, 1.165) is 10.6 Å². The summed E-state index contributed by atoms with van der Waals surface area (Å²) in [5.74, 6) is 0.350. The molecule has 0 bridgehead atoms. The molecule has 2 heterocycles. The summed E-state index contributed by atoms with van der Waals surface area (Å²) in [6.07, 6.45) is 1.26. The number of hydrogen-bond donors (Lipinski definition) is 2. The van der Waals surface area contributed by atoms with Gasteiger partial charge in [0.15, 0.2) is 0 Å². The highest BCUT2D eigenvalue weighted by Crippen LogP contribution is 2.23. The molecule has 176 valence electrons.